The third kappa shape index (κ3) is 6.48. The molecule has 6 heteroatoms. The average molecular weight is 319 g/mol. The number of rotatable bonds is 8. The molecule has 0 radical (unpaired) electrons. The van der Waals surface area contributed by atoms with Gasteiger partial charge < -0.3 is 25.5 Å². The molecular weight excluding hydrogens is 286 g/mol. The van der Waals surface area contributed by atoms with Gasteiger partial charge in [0.05, 0.1) is 12.2 Å². The third-order valence-electron chi connectivity index (χ3n) is 4.46. The highest BCUT2D eigenvalue weighted by atomic mass is 16.4. The van der Waals surface area contributed by atoms with Crippen molar-refractivity contribution in [1.29, 1.82) is 0 Å². The highest BCUT2D eigenvalue weighted by molar-refractivity contribution is 4.90. The lowest BCUT2D eigenvalue weighted by Gasteiger charge is -2.37. The van der Waals surface area contributed by atoms with Gasteiger partial charge in [-0.15, -0.1) is 0 Å². The maximum Gasteiger partial charge on any atom is 0.111 e. The van der Waals surface area contributed by atoms with Gasteiger partial charge in [0.2, 0.25) is 0 Å². The average Bonchev–Trinajstić information content (AvgIpc) is 2.50. The van der Waals surface area contributed by atoms with Crippen LogP contribution in [0.1, 0.15) is 51.9 Å². The summed E-state index contributed by atoms with van der Waals surface area (Å²) in [4.78, 5) is 1.85. The molecule has 0 aromatic heterocycles. The molecule has 0 bridgehead atoms. The van der Waals surface area contributed by atoms with Crippen LogP contribution in [-0.2, 0) is 0 Å². The van der Waals surface area contributed by atoms with E-state index in [0.29, 0.717) is 6.54 Å². The van der Waals surface area contributed by atoms with Gasteiger partial charge in [-0.05, 0) is 13.0 Å². The van der Waals surface area contributed by atoms with Crippen LogP contribution in [0.4, 0.5) is 0 Å². The van der Waals surface area contributed by atoms with Crippen LogP contribution in [0.15, 0.2) is 0 Å². The van der Waals surface area contributed by atoms with Crippen LogP contribution in [0, 0.1) is 0 Å². The summed E-state index contributed by atoms with van der Waals surface area (Å²) in [6.07, 6.45) is 1.61. The van der Waals surface area contributed by atoms with E-state index in [9.17, 15) is 25.5 Å². The van der Waals surface area contributed by atoms with Crippen molar-refractivity contribution in [3.05, 3.63) is 0 Å². The predicted octanol–water partition coefficient (Wildman–Crippen LogP) is -0.143. The van der Waals surface area contributed by atoms with Crippen LogP contribution < -0.4 is 0 Å². The molecule has 0 aliphatic carbocycles. The number of aliphatic hydroxyl groups excluding tert-OH is 5. The van der Waals surface area contributed by atoms with Gasteiger partial charge in [0.15, 0.2) is 0 Å². The normalized spacial score (nSPS) is 34.4. The van der Waals surface area contributed by atoms with Gasteiger partial charge in [0, 0.05) is 13.1 Å². The van der Waals surface area contributed by atoms with Crippen molar-refractivity contribution >= 4 is 0 Å². The molecule has 5 N–H and O–H groups in total. The fraction of sp³-hybridized carbons (Fsp3) is 1.00. The van der Waals surface area contributed by atoms with Crippen molar-refractivity contribution in [1.82, 2.24) is 4.90 Å². The molecular formula is C16H33NO5. The molecule has 1 saturated heterocycles. The lowest BCUT2D eigenvalue weighted by molar-refractivity contribution is -0.155. The zero-order valence-electron chi connectivity index (χ0n) is 13.6. The fourth-order valence-corrected chi connectivity index (χ4v) is 2.95. The van der Waals surface area contributed by atoms with Gasteiger partial charge in [-0.3, -0.25) is 4.90 Å². The van der Waals surface area contributed by atoms with Gasteiger partial charge in [0.1, 0.15) is 18.3 Å². The summed E-state index contributed by atoms with van der Waals surface area (Å²) in [7, 11) is 0. The molecule has 0 spiro atoms. The van der Waals surface area contributed by atoms with Crippen molar-refractivity contribution in [2.75, 3.05) is 19.6 Å². The minimum atomic E-state index is -1.52. The lowest BCUT2D eigenvalue weighted by atomic mass is 9.96. The number of aliphatic hydroxyl groups is 5. The molecule has 1 unspecified atom stereocenters. The molecule has 1 rings (SSSR count). The summed E-state index contributed by atoms with van der Waals surface area (Å²) in [5, 5.41) is 48.9. The molecule has 1 heterocycles. The maximum atomic E-state index is 9.88. The Balaban J connectivity index is 2.33. The van der Waals surface area contributed by atoms with E-state index >= 15 is 0 Å². The monoisotopic (exact) mass is 319 g/mol. The molecule has 22 heavy (non-hydrogen) atoms. The first kappa shape index (κ1) is 19.8. The summed E-state index contributed by atoms with van der Waals surface area (Å²) in [5.41, 5.74) is 0. The minimum Gasteiger partial charge on any atom is -0.389 e. The van der Waals surface area contributed by atoms with Gasteiger partial charge in [-0.2, -0.15) is 0 Å². The molecule has 1 aliphatic heterocycles. The number of β-amino-alcohol motifs (C(OH)–C–C–N with tert-alkyl or cyclic N) is 2. The van der Waals surface area contributed by atoms with Crippen molar-refractivity contribution < 1.29 is 25.5 Å². The summed E-state index contributed by atoms with van der Waals surface area (Å²) in [6.45, 7) is 3.28. The Morgan fingerprint density at radius 1 is 0.682 bits per heavy atom. The number of nitrogens with zero attached hydrogens (tertiary/aromatic N) is 1. The van der Waals surface area contributed by atoms with E-state index in [1.807, 2.05) is 4.90 Å². The van der Waals surface area contributed by atoms with Crippen molar-refractivity contribution in [3.8, 4) is 0 Å². The topological polar surface area (TPSA) is 104 Å². The van der Waals surface area contributed by atoms with Crippen LogP contribution in [0.25, 0.3) is 0 Å². The quantitative estimate of drug-likeness (QED) is 0.399. The first-order valence-electron chi connectivity index (χ1n) is 8.60. The summed E-state index contributed by atoms with van der Waals surface area (Å²) in [6, 6.07) is 0. The number of likely N-dealkylation sites (tertiary alicyclic amines) is 1. The Bertz CT molecular complexity index is 274. The van der Waals surface area contributed by atoms with Crippen LogP contribution in [0.5, 0.6) is 0 Å². The Morgan fingerprint density at radius 2 is 1.14 bits per heavy atom. The molecule has 0 saturated carbocycles. The van der Waals surface area contributed by atoms with Crippen LogP contribution >= 0.6 is 0 Å². The van der Waals surface area contributed by atoms with E-state index in [2.05, 4.69) is 6.92 Å². The van der Waals surface area contributed by atoms with E-state index in [1.165, 1.54) is 32.1 Å². The van der Waals surface area contributed by atoms with Gasteiger partial charge >= 0.3 is 0 Å². The lowest BCUT2D eigenvalue weighted by Crippen LogP contribution is -2.57. The van der Waals surface area contributed by atoms with Crippen LogP contribution in [0.2, 0.25) is 0 Å². The summed E-state index contributed by atoms with van der Waals surface area (Å²) in [5.74, 6) is 0. The number of hydrogen-bond acceptors (Lipinski definition) is 6. The summed E-state index contributed by atoms with van der Waals surface area (Å²) < 4.78 is 0. The molecule has 1 fully saturated rings. The minimum absolute atomic E-state index is 0.192. The first-order chi connectivity index (χ1) is 10.5. The largest absolute Gasteiger partial charge is 0.389 e. The second-order valence-corrected chi connectivity index (χ2v) is 6.49. The van der Waals surface area contributed by atoms with Gasteiger partial charge in [-0.25, -0.2) is 0 Å². The van der Waals surface area contributed by atoms with E-state index in [0.717, 1.165) is 12.8 Å². The molecule has 1 aliphatic rings. The molecule has 0 aromatic carbocycles. The van der Waals surface area contributed by atoms with Gasteiger partial charge in [-0.1, -0.05) is 45.4 Å². The molecule has 5 atom stereocenters. The van der Waals surface area contributed by atoms with Crippen molar-refractivity contribution in [2.45, 2.75) is 82.4 Å². The van der Waals surface area contributed by atoms with E-state index in [1.54, 1.807) is 0 Å². The first-order valence-corrected chi connectivity index (χ1v) is 8.60. The highest BCUT2D eigenvalue weighted by Crippen LogP contribution is 2.16. The van der Waals surface area contributed by atoms with E-state index < -0.39 is 30.5 Å². The van der Waals surface area contributed by atoms with Crippen LogP contribution in [-0.4, -0.2) is 80.6 Å². The van der Waals surface area contributed by atoms with Crippen LogP contribution in [0.3, 0.4) is 0 Å². The molecule has 6 nitrogen and oxygen atoms in total. The van der Waals surface area contributed by atoms with Crippen molar-refractivity contribution in [2.24, 2.45) is 0 Å². The van der Waals surface area contributed by atoms with E-state index in [4.69, 9.17) is 0 Å². The smallest absolute Gasteiger partial charge is 0.111 e. The second kappa shape index (κ2) is 10.5. The van der Waals surface area contributed by atoms with Crippen molar-refractivity contribution in [3.63, 3.8) is 0 Å². The SMILES string of the molecule is CCCCCCCCCN1C[C@@H](O)[C@@H](O)C(O)[C@H](O)[C@@H](O)C1. The zero-order valence-corrected chi connectivity index (χ0v) is 13.6. The Kier molecular flexibility index (Phi) is 9.47. The summed E-state index contributed by atoms with van der Waals surface area (Å²) >= 11 is 0. The highest BCUT2D eigenvalue weighted by Gasteiger charge is 2.38. The molecule has 0 amide bonds. The molecule has 0 aromatic rings. The maximum absolute atomic E-state index is 9.88. The van der Waals surface area contributed by atoms with E-state index in [-0.39, 0.29) is 13.1 Å². The third-order valence-corrected chi connectivity index (χ3v) is 4.46. The Hall–Kier alpha value is -0.240. The standard InChI is InChI=1S/C16H33NO5/c1-2-3-4-5-6-7-8-9-17-10-12(18)14(20)16(22)15(21)13(19)11-17/h12-16,18-22H,2-11H2,1H3/t12-,13+,14-,15-,16?/m1/s1. The number of hydrogen-bond donors (Lipinski definition) is 5. The van der Waals surface area contributed by atoms with Gasteiger partial charge in [0.25, 0.3) is 0 Å². The zero-order chi connectivity index (χ0) is 16.5. The second-order valence-electron chi connectivity index (χ2n) is 6.49. The Morgan fingerprint density at radius 3 is 1.64 bits per heavy atom. The molecule has 132 valence electrons. The predicted molar refractivity (Wildman–Crippen MR) is 84.5 cm³/mol. The number of unbranched alkanes of at least 4 members (excludes halogenated alkanes) is 6. The Labute approximate surface area is 133 Å². The fourth-order valence-electron chi connectivity index (χ4n) is 2.95.